The molecule has 0 aromatic heterocycles. The Balaban J connectivity index is 1.65. The number of rotatable bonds is 2. The van der Waals surface area contributed by atoms with Gasteiger partial charge in [0.25, 0.3) is 0 Å². The van der Waals surface area contributed by atoms with Crippen LogP contribution in [-0.2, 0) is 11.3 Å². The average molecular weight is 242 g/mol. The van der Waals surface area contributed by atoms with E-state index >= 15 is 0 Å². The highest BCUT2D eigenvalue weighted by molar-refractivity contribution is 5.74. The van der Waals surface area contributed by atoms with Gasteiger partial charge in [0.05, 0.1) is 0 Å². The topological polar surface area (TPSA) is 23.6 Å². The highest BCUT2D eigenvalue weighted by atomic mass is 16.2. The molecule has 2 aliphatic rings. The van der Waals surface area contributed by atoms with Gasteiger partial charge in [-0.1, -0.05) is 30.3 Å². The van der Waals surface area contributed by atoms with Gasteiger partial charge in [0.1, 0.15) is 0 Å². The van der Waals surface area contributed by atoms with Gasteiger partial charge in [-0.3, -0.25) is 4.79 Å². The lowest BCUT2D eigenvalue weighted by molar-refractivity contribution is -0.127. The Morgan fingerprint density at radius 2 is 2.06 bits per heavy atom. The fourth-order valence-corrected chi connectivity index (χ4v) is 2.86. The van der Waals surface area contributed by atoms with Gasteiger partial charge < -0.3 is 9.80 Å². The van der Waals surface area contributed by atoms with Gasteiger partial charge in [-0.2, -0.15) is 0 Å². The van der Waals surface area contributed by atoms with Crippen molar-refractivity contribution in [1.29, 1.82) is 0 Å². The maximum atomic E-state index is 11.3. The maximum absolute atomic E-state index is 11.3. The van der Waals surface area contributed by atoms with Crippen LogP contribution in [-0.4, -0.2) is 35.3 Å². The number of hydrogen-bond acceptors (Lipinski definition) is 2. The Bertz CT molecular complexity index is 481. The zero-order valence-corrected chi connectivity index (χ0v) is 10.7. The van der Waals surface area contributed by atoms with Crippen LogP contribution < -0.4 is 0 Å². The zero-order valence-electron chi connectivity index (χ0n) is 10.7. The van der Waals surface area contributed by atoms with Crippen LogP contribution >= 0.6 is 0 Å². The second-order valence-electron chi connectivity index (χ2n) is 5.22. The fraction of sp³-hybridized carbons (Fsp3) is 0.400. The first kappa shape index (κ1) is 11.3. The van der Waals surface area contributed by atoms with Gasteiger partial charge in [0, 0.05) is 45.2 Å². The smallest absolute Gasteiger partial charge is 0.219 e. The molecular formula is C15H18N2O. The van der Waals surface area contributed by atoms with Crippen LogP contribution in [0.4, 0.5) is 0 Å². The lowest BCUT2D eigenvalue weighted by atomic mass is 10.1. The van der Waals surface area contributed by atoms with Crippen LogP contribution in [0.15, 0.2) is 42.1 Å². The molecule has 0 bridgehead atoms. The molecule has 0 saturated carbocycles. The van der Waals surface area contributed by atoms with Crippen LogP contribution in [0.2, 0.25) is 0 Å². The summed E-state index contributed by atoms with van der Waals surface area (Å²) < 4.78 is 0. The minimum absolute atomic E-state index is 0.194. The maximum Gasteiger partial charge on any atom is 0.219 e. The van der Waals surface area contributed by atoms with E-state index < -0.39 is 0 Å². The molecule has 3 nitrogen and oxygen atoms in total. The van der Waals surface area contributed by atoms with Crippen LogP contribution in [0, 0.1) is 5.92 Å². The van der Waals surface area contributed by atoms with E-state index in [1.54, 1.807) is 6.92 Å². The molecular weight excluding hydrogens is 224 g/mol. The summed E-state index contributed by atoms with van der Waals surface area (Å²) in [5.41, 5.74) is 2.76. The standard InChI is InChI=1S/C15H18N2O/c1-12(18)17-10-14-8-16(9-15(14)11-17)7-13-5-3-2-4-6-13/h2-6,8,15H,7,9-11H2,1H3. The normalized spacial score (nSPS) is 22.1. The molecule has 3 heteroatoms. The van der Waals surface area contributed by atoms with E-state index in [0.29, 0.717) is 5.92 Å². The number of nitrogens with zero attached hydrogens (tertiary/aromatic N) is 2. The lowest BCUT2D eigenvalue weighted by Gasteiger charge is -2.20. The first-order valence-corrected chi connectivity index (χ1v) is 6.46. The molecule has 0 spiro atoms. The third-order valence-electron chi connectivity index (χ3n) is 3.82. The summed E-state index contributed by atoms with van der Waals surface area (Å²) in [6, 6.07) is 10.5. The molecule has 1 atom stereocenters. The molecule has 0 aliphatic carbocycles. The summed E-state index contributed by atoms with van der Waals surface area (Å²) in [7, 11) is 0. The van der Waals surface area contributed by atoms with Gasteiger partial charge in [-0.05, 0) is 11.1 Å². The highest BCUT2D eigenvalue weighted by Crippen LogP contribution is 2.30. The number of benzene rings is 1. The van der Waals surface area contributed by atoms with E-state index in [-0.39, 0.29) is 5.91 Å². The van der Waals surface area contributed by atoms with Gasteiger partial charge in [-0.15, -0.1) is 0 Å². The predicted molar refractivity (Wildman–Crippen MR) is 70.7 cm³/mol. The summed E-state index contributed by atoms with van der Waals surface area (Å²) in [6.07, 6.45) is 2.25. The second kappa shape index (κ2) is 4.48. The molecule has 94 valence electrons. The predicted octanol–water partition coefficient (Wildman–Crippen LogP) is 1.86. The Morgan fingerprint density at radius 3 is 2.72 bits per heavy atom. The van der Waals surface area contributed by atoms with Crippen molar-refractivity contribution in [2.24, 2.45) is 5.92 Å². The number of carbonyl (C=O) groups excluding carboxylic acids is 1. The average Bonchev–Trinajstić information content (AvgIpc) is 2.88. The SMILES string of the molecule is CC(=O)N1CC2=CN(Cc3ccccc3)CC2C1. The Kier molecular flexibility index (Phi) is 2.82. The van der Waals surface area contributed by atoms with E-state index in [9.17, 15) is 4.79 Å². The Hall–Kier alpha value is -1.77. The van der Waals surface area contributed by atoms with Crippen molar-refractivity contribution >= 4 is 5.91 Å². The van der Waals surface area contributed by atoms with Gasteiger partial charge in [0.2, 0.25) is 5.91 Å². The van der Waals surface area contributed by atoms with Crippen LogP contribution in [0.3, 0.4) is 0 Å². The lowest BCUT2D eigenvalue weighted by Crippen LogP contribution is -2.29. The van der Waals surface area contributed by atoms with Crippen molar-refractivity contribution in [1.82, 2.24) is 9.80 Å². The van der Waals surface area contributed by atoms with Gasteiger partial charge in [-0.25, -0.2) is 0 Å². The van der Waals surface area contributed by atoms with Crippen molar-refractivity contribution in [2.75, 3.05) is 19.6 Å². The minimum Gasteiger partial charge on any atom is -0.372 e. The van der Waals surface area contributed by atoms with Crippen LogP contribution in [0.5, 0.6) is 0 Å². The Morgan fingerprint density at radius 1 is 1.28 bits per heavy atom. The van der Waals surface area contributed by atoms with Crippen LogP contribution in [0.25, 0.3) is 0 Å². The van der Waals surface area contributed by atoms with Crippen molar-refractivity contribution in [3.63, 3.8) is 0 Å². The van der Waals surface area contributed by atoms with Crippen molar-refractivity contribution in [3.8, 4) is 0 Å². The molecule has 1 fully saturated rings. The first-order valence-electron chi connectivity index (χ1n) is 6.46. The molecule has 1 saturated heterocycles. The molecule has 1 aromatic carbocycles. The number of hydrogen-bond donors (Lipinski definition) is 0. The summed E-state index contributed by atoms with van der Waals surface area (Å²) in [4.78, 5) is 15.6. The van der Waals surface area contributed by atoms with E-state index in [1.165, 1.54) is 11.1 Å². The summed E-state index contributed by atoms with van der Waals surface area (Å²) in [5.74, 6) is 0.748. The molecule has 2 aliphatic heterocycles. The molecule has 3 rings (SSSR count). The molecule has 0 radical (unpaired) electrons. The molecule has 1 aromatic rings. The highest BCUT2D eigenvalue weighted by Gasteiger charge is 2.34. The number of fused-ring (bicyclic) bond motifs is 1. The van der Waals surface area contributed by atoms with E-state index in [2.05, 4.69) is 35.4 Å². The third kappa shape index (κ3) is 2.13. The first-order chi connectivity index (χ1) is 8.72. The van der Waals surface area contributed by atoms with E-state index in [1.807, 2.05) is 11.0 Å². The van der Waals surface area contributed by atoms with Crippen molar-refractivity contribution in [3.05, 3.63) is 47.7 Å². The van der Waals surface area contributed by atoms with E-state index in [0.717, 1.165) is 26.2 Å². The zero-order chi connectivity index (χ0) is 12.5. The quantitative estimate of drug-likeness (QED) is 0.790. The third-order valence-corrected chi connectivity index (χ3v) is 3.82. The molecule has 0 N–H and O–H groups in total. The largest absolute Gasteiger partial charge is 0.372 e. The molecule has 18 heavy (non-hydrogen) atoms. The molecule has 1 unspecified atom stereocenters. The number of carbonyl (C=O) groups is 1. The van der Waals surface area contributed by atoms with Gasteiger partial charge in [0.15, 0.2) is 0 Å². The number of amides is 1. The summed E-state index contributed by atoms with van der Waals surface area (Å²) >= 11 is 0. The fourth-order valence-electron chi connectivity index (χ4n) is 2.86. The minimum atomic E-state index is 0.194. The van der Waals surface area contributed by atoms with Gasteiger partial charge >= 0.3 is 0 Å². The van der Waals surface area contributed by atoms with Crippen molar-refractivity contribution < 1.29 is 4.79 Å². The summed E-state index contributed by atoms with van der Waals surface area (Å²) in [5, 5.41) is 0. The Labute approximate surface area is 108 Å². The molecule has 1 amide bonds. The number of likely N-dealkylation sites (tertiary alicyclic amines) is 1. The molecule has 2 heterocycles. The van der Waals surface area contributed by atoms with E-state index in [4.69, 9.17) is 0 Å². The monoisotopic (exact) mass is 242 g/mol. The van der Waals surface area contributed by atoms with Crippen molar-refractivity contribution in [2.45, 2.75) is 13.5 Å². The van der Waals surface area contributed by atoms with Crippen LogP contribution in [0.1, 0.15) is 12.5 Å². The summed E-state index contributed by atoms with van der Waals surface area (Å²) in [6.45, 7) is 5.40. The second-order valence-corrected chi connectivity index (χ2v) is 5.22.